The van der Waals surface area contributed by atoms with Crippen molar-refractivity contribution in [2.75, 3.05) is 11.4 Å². The highest BCUT2D eigenvalue weighted by Crippen LogP contribution is 2.31. The lowest BCUT2D eigenvalue weighted by molar-refractivity contribution is -0.122. The number of ketones is 1. The van der Waals surface area contributed by atoms with E-state index in [1.54, 1.807) is 11.8 Å². The first-order valence-corrected chi connectivity index (χ1v) is 8.74. The number of carbonyl (C=O) groups excluding carboxylic acids is 1. The van der Waals surface area contributed by atoms with Gasteiger partial charge in [0.05, 0.1) is 29.6 Å². The largest absolute Gasteiger partial charge is 0.387 e. The van der Waals surface area contributed by atoms with Gasteiger partial charge in [-0.2, -0.15) is 0 Å². The van der Waals surface area contributed by atoms with Crippen LogP contribution in [0, 0.1) is 0 Å². The molecule has 0 radical (unpaired) electrons. The van der Waals surface area contributed by atoms with Crippen LogP contribution in [0.5, 0.6) is 0 Å². The summed E-state index contributed by atoms with van der Waals surface area (Å²) >= 11 is 0. The van der Waals surface area contributed by atoms with E-state index in [4.69, 9.17) is 0 Å². The highest BCUT2D eigenvalue weighted by Gasteiger charge is 2.29. The Balaban J connectivity index is 1.81. The van der Waals surface area contributed by atoms with Gasteiger partial charge >= 0.3 is 0 Å². The molecule has 0 saturated carbocycles. The molecule has 1 aliphatic heterocycles. The number of carbonyl (C=O) groups is 1. The van der Waals surface area contributed by atoms with Crippen LogP contribution in [0.4, 0.5) is 5.69 Å². The van der Waals surface area contributed by atoms with Gasteiger partial charge in [0.15, 0.2) is 5.78 Å². The molecule has 0 saturated heterocycles. The molecule has 4 rings (SSSR count). The number of rotatable bonds is 3. The van der Waals surface area contributed by atoms with Gasteiger partial charge in [-0.3, -0.25) is 4.79 Å². The Hall–Kier alpha value is -3.09. The molecule has 27 heavy (non-hydrogen) atoms. The molecule has 2 N–H and O–H groups in total. The van der Waals surface area contributed by atoms with Crippen molar-refractivity contribution in [3.05, 3.63) is 66.6 Å². The molecule has 0 spiro atoms. The molecular formula is C21H19N3O3. The third-order valence-electron chi connectivity index (χ3n) is 4.69. The maximum Gasteiger partial charge on any atom is 0.187 e. The van der Waals surface area contributed by atoms with Gasteiger partial charge in [-0.1, -0.05) is 30.3 Å². The van der Waals surface area contributed by atoms with Crippen molar-refractivity contribution in [2.24, 2.45) is 0 Å². The number of hydrogen-bond donors (Lipinski definition) is 2. The molecule has 0 aliphatic carbocycles. The molecule has 2 atom stereocenters. The SMILES string of the molecule is CC(O)C1=CC(=O)C(O)CN1c1cccc(-c2ncnc3ccccc23)c1. The van der Waals surface area contributed by atoms with Crippen LogP contribution >= 0.6 is 0 Å². The summed E-state index contributed by atoms with van der Waals surface area (Å²) in [4.78, 5) is 22.4. The highest BCUT2D eigenvalue weighted by atomic mass is 16.3. The van der Waals surface area contributed by atoms with Crippen molar-refractivity contribution in [3.63, 3.8) is 0 Å². The Morgan fingerprint density at radius 2 is 1.96 bits per heavy atom. The second-order valence-electron chi connectivity index (χ2n) is 6.56. The van der Waals surface area contributed by atoms with Gasteiger partial charge in [0, 0.05) is 22.7 Å². The zero-order valence-corrected chi connectivity index (χ0v) is 14.8. The van der Waals surface area contributed by atoms with Crippen LogP contribution in [0.25, 0.3) is 22.2 Å². The minimum Gasteiger partial charge on any atom is -0.387 e. The molecule has 6 heteroatoms. The summed E-state index contributed by atoms with van der Waals surface area (Å²) in [6.45, 7) is 1.70. The van der Waals surface area contributed by atoms with E-state index in [0.29, 0.717) is 5.70 Å². The van der Waals surface area contributed by atoms with Gasteiger partial charge in [0.1, 0.15) is 12.4 Å². The number of anilines is 1. The molecule has 0 fully saturated rings. The molecule has 2 unspecified atom stereocenters. The fourth-order valence-corrected chi connectivity index (χ4v) is 3.34. The summed E-state index contributed by atoms with van der Waals surface area (Å²) < 4.78 is 0. The number of nitrogens with zero attached hydrogens (tertiary/aromatic N) is 3. The van der Waals surface area contributed by atoms with E-state index < -0.39 is 12.2 Å². The normalized spacial score (nSPS) is 18.5. The predicted octanol–water partition coefficient (Wildman–Crippen LogP) is 2.31. The monoisotopic (exact) mass is 361 g/mol. The van der Waals surface area contributed by atoms with Gasteiger partial charge in [0.25, 0.3) is 0 Å². The molecule has 2 heterocycles. The van der Waals surface area contributed by atoms with Crippen molar-refractivity contribution in [2.45, 2.75) is 19.1 Å². The standard InChI is InChI=1S/C21H19N3O3/c1-13(25)18-10-19(26)20(27)11-24(18)15-6-4-5-14(9-15)21-16-7-2-3-8-17(16)22-12-23-21/h2-10,12-13,20,25,27H,11H2,1H3. The van der Waals surface area contributed by atoms with Gasteiger partial charge in [0.2, 0.25) is 0 Å². The molecular weight excluding hydrogens is 342 g/mol. The highest BCUT2D eigenvalue weighted by molar-refractivity contribution is 5.97. The Morgan fingerprint density at radius 1 is 1.15 bits per heavy atom. The predicted molar refractivity (Wildman–Crippen MR) is 103 cm³/mol. The van der Waals surface area contributed by atoms with Crippen LogP contribution in [0.2, 0.25) is 0 Å². The Kier molecular flexibility index (Phi) is 4.43. The van der Waals surface area contributed by atoms with E-state index in [-0.39, 0.29) is 12.3 Å². The maximum atomic E-state index is 11.8. The smallest absolute Gasteiger partial charge is 0.187 e. The molecule has 2 aromatic carbocycles. The number of para-hydroxylation sites is 1. The molecule has 6 nitrogen and oxygen atoms in total. The number of aromatic nitrogens is 2. The van der Waals surface area contributed by atoms with E-state index >= 15 is 0 Å². The lowest BCUT2D eigenvalue weighted by Gasteiger charge is -2.34. The molecule has 1 aromatic heterocycles. The topological polar surface area (TPSA) is 86.5 Å². The number of β-amino-alcohol motifs (C(OH)–C–C–N with tert-alkyl or cyclic N) is 1. The number of aliphatic hydroxyl groups excluding tert-OH is 2. The van der Waals surface area contributed by atoms with E-state index in [9.17, 15) is 15.0 Å². The maximum absolute atomic E-state index is 11.8. The first-order valence-electron chi connectivity index (χ1n) is 8.74. The average molecular weight is 361 g/mol. The number of benzene rings is 2. The lowest BCUT2D eigenvalue weighted by atomic mass is 10.0. The first-order chi connectivity index (χ1) is 13.0. The Morgan fingerprint density at radius 3 is 2.78 bits per heavy atom. The fourth-order valence-electron chi connectivity index (χ4n) is 3.34. The molecule has 0 amide bonds. The number of fused-ring (bicyclic) bond motifs is 1. The summed E-state index contributed by atoms with van der Waals surface area (Å²) in [5, 5.41) is 21.0. The zero-order chi connectivity index (χ0) is 19.0. The van der Waals surface area contributed by atoms with Crippen molar-refractivity contribution in [3.8, 4) is 11.3 Å². The van der Waals surface area contributed by atoms with E-state index in [0.717, 1.165) is 27.8 Å². The summed E-state index contributed by atoms with van der Waals surface area (Å²) in [5.74, 6) is -0.389. The summed E-state index contributed by atoms with van der Waals surface area (Å²) in [5.41, 5.74) is 3.79. The third-order valence-corrected chi connectivity index (χ3v) is 4.69. The fraction of sp³-hybridized carbons (Fsp3) is 0.190. The van der Waals surface area contributed by atoms with E-state index in [2.05, 4.69) is 9.97 Å². The van der Waals surface area contributed by atoms with Gasteiger partial charge < -0.3 is 15.1 Å². The second-order valence-corrected chi connectivity index (χ2v) is 6.56. The van der Waals surface area contributed by atoms with Crippen LogP contribution in [0.15, 0.2) is 66.6 Å². The van der Waals surface area contributed by atoms with Crippen molar-refractivity contribution in [1.82, 2.24) is 9.97 Å². The first kappa shape index (κ1) is 17.3. The number of aliphatic hydroxyl groups is 2. The Bertz CT molecular complexity index is 1040. The van der Waals surface area contributed by atoms with Crippen molar-refractivity contribution >= 4 is 22.4 Å². The Labute approximate surface area is 156 Å². The molecule has 0 bridgehead atoms. The molecule has 3 aromatic rings. The summed E-state index contributed by atoms with van der Waals surface area (Å²) in [6, 6.07) is 15.5. The minimum absolute atomic E-state index is 0.101. The summed E-state index contributed by atoms with van der Waals surface area (Å²) in [6.07, 6.45) is 0.904. The second kappa shape index (κ2) is 6.90. The van der Waals surface area contributed by atoms with E-state index in [1.807, 2.05) is 48.5 Å². The molecule has 136 valence electrons. The van der Waals surface area contributed by atoms with Gasteiger partial charge in [-0.05, 0) is 25.1 Å². The van der Waals surface area contributed by atoms with Crippen LogP contribution in [-0.4, -0.2) is 44.7 Å². The van der Waals surface area contributed by atoms with Crippen LogP contribution < -0.4 is 4.90 Å². The lowest BCUT2D eigenvalue weighted by Crippen LogP contribution is -2.43. The minimum atomic E-state index is -1.11. The molecule has 1 aliphatic rings. The van der Waals surface area contributed by atoms with Crippen LogP contribution in [-0.2, 0) is 4.79 Å². The third kappa shape index (κ3) is 3.20. The van der Waals surface area contributed by atoms with Crippen LogP contribution in [0.1, 0.15) is 6.92 Å². The van der Waals surface area contributed by atoms with E-state index in [1.165, 1.54) is 12.4 Å². The van der Waals surface area contributed by atoms with Gasteiger partial charge in [-0.15, -0.1) is 0 Å². The average Bonchev–Trinajstić information content (AvgIpc) is 2.69. The number of hydrogen-bond acceptors (Lipinski definition) is 6. The van der Waals surface area contributed by atoms with Crippen molar-refractivity contribution < 1.29 is 15.0 Å². The van der Waals surface area contributed by atoms with Crippen LogP contribution in [0.3, 0.4) is 0 Å². The quantitative estimate of drug-likeness (QED) is 0.744. The zero-order valence-electron chi connectivity index (χ0n) is 14.8. The summed E-state index contributed by atoms with van der Waals surface area (Å²) in [7, 11) is 0. The van der Waals surface area contributed by atoms with Gasteiger partial charge in [-0.25, -0.2) is 9.97 Å². The van der Waals surface area contributed by atoms with Crippen molar-refractivity contribution in [1.29, 1.82) is 0 Å².